The summed E-state index contributed by atoms with van der Waals surface area (Å²) in [6, 6.07) is 4.43. The molecule has 1 aromatic carbocycles. The van der Waals surface area contributed by atoms with Crippen LogP contribution in [0.15, 0.2) is 29.5 Å². The zero-order valence-electron chi connectivity index (χ0n) is 17.2. The van der Waals surface area contributed by atoms with E-state index >= 15 is 0 Å². The van der Waals surface area contributed by atoms with Crippen molar-refractivity contribution in [2.75, 3.05) is 40.0 Å². The average molecular weight is 403 g/mol. The third-order valence-electron chi connectivity index (χ3n) is 5.05. The van der Waals surface area contributed by atoms with E-state index in [0.717, 1.165) is 31.5 Å². The minimum Gasteiger partial charge on any atom is -0.493 e. The number of ether oxygens (including phenoxy) is 3. The maximum atomic E-state index is 12.9. The number of likely N-dealkylation sites (tertiary alicyclic amines) is 1. The molecule has 0 saturated carbocycles. The van der Waals surface area contributed by atoms with Gasteiger partial charge in [0.05, 0.1) is 31.9 Å². The van der Waals surface area contributed by atoms with E-state index in [-0.39, 0.29) is 12.6 Å². The van der Waals surface area contributed by atoms with E-state index in [1.165, 1.54) is 0 Å². The largest absolute Gasteiger partial charge is 0.493 e. The Morgan fingerprint density at radius 2 is 1.93 bits per heavy atom. The van der Waals surface area contributed by atoms with Crippen LogP contribution in [0.25, 0.3) is 0 Å². The van der Waals surface area contributed by atoms with Gasteiger partial charge in [0, 0.05) is 12.2 Å². The number of amides is 2. The predicted molar refractivity (Wildman–Crippen MR) is 108 cm³/mol. The van der Waals surface area contributed by atoms with Crippen LogP contribution < -0.4 is 20.1 Å². The van der Waals surface area contributed by atoms with Crippen LogP contribution in [-0.2, 0) is 9.53 Å². The number of esters is 1. The summed E-state index contributed by atoms with van der Waals surface area (Å²) in [4.78, 5) is 27.5. The summed E-state index contributed by atoms with van der Waals surface area (Å²) in [5.41, 5.74) is 1.73. The Labute approximate surface area is 171 Å². The molecule has 2 N–H and O–H groups in total. The molecule has 1 atom stereocenters. The first-order chi connectivity index (χ1) is 14.1. The van der Waals surface area contributed by atoms with Gasteiger partial charge in [0.2, 0.25) is 0 Å². The van der Waals surface area contributed by atoms with E-state index in [0.29, 0.717) is 35.9 Å². The Bertz CT molecular complexity index is 787. The SMILES string of the molecule is CCOC(=O)C1=C(CN2CCCC2)NC(=O)N[C@H]1c1ccc(OCC)c(OC)c1. The van der Waals surface area contributed by atoms with Crippen molar-refractivity contribution in [3.8, 4) is 11.5 Å². The van der Waals surface area contributed by atoms with Crippen molar-refractivity contribution in [1.29, 1.82) is 0 Å². The molecule has 1 aromatic rings. The number of hydrogen-bond acceptors (Lipinski definition) is 6. The molecule has 0 radical (unpaired) electrons. The highest BCUT2D eigenvalue weighted by Crippen LogP contribution is 2.35. The second-order valence-corrected chi connectivity index (χ2v) is 6.97. The van der Waals surface area contributed by atoms with E-state index in [2.05, 4.69) is 15.5 Å². The molecule has 2 aliphatic heterocycles. The molecule has 8 nitrogen and oxygen atoms in total. The number of methoxy groups -OCH3 is 1. The first-order valence-corrected chi connectivity index (χ1v) is 10.1. The molecule has 2 aliphatic rings. The smallest absolute Gasteiger partial charge is 0.338 e. The van der Waals surface area contributed by atoms with Gasteiger partial charge in [-0.05, 0) is 57.5 Å². The van der Waals surface area contributed by atoms with Crippen molar-refractivity contribution in [2.45, 2.75) is 32.7 Å². The van der Waals surface area contributed by atoms with E-state index < -0.39 is 12.0 Å². The maximum Gasteiger partial charge on any atom is 0.338 e. The van der Waals surface area contributed by atoms with Crippen molar-refractivity contribution in [3.05, 3.63) is 35.0 Å². The minimum absolute atomic E-state index is 0.257. The number of carbonyl (C=O) groups excluding carboxylic acids is 2. The normalized spacial score (nSPS) is 19.6. The fourth-order valence-electron chi connectivity index (χ4n) is 3.75. The quantitative estimate of drug-likeness (QED) is 0.648. The summed E-state index contributed by atoms with van der Waals surface area (Å²) in [5.74, 6) is 0.714. The van der Waals surface area contributed by atoms with Gasteiger partial charge in [-0.1, -0.05) is 6.07 Å². The highest BCUT2D eigenvalue weighted by atomic mass is 16.5. The first-order valence-electron chi connectivity index (χ1n) is 10.1. The van der Waals surface area contributed by atoms with Crippen molar-refractivity contribution >= 4 is 12.0 Å². The van der Waals surface area contributed by atoms with Crippen molar-refractivity contribution in [2.24, 2.45) is 0 Å². The zero-order valence-corrected chi connectivity index (χ0v) is 17.2. The van der Waals surface area contributed by atoms with Gasteiger partial charge in [0.1, 0.15) is 0 Å². The summed E-state index contributed by atoms with van der Waals surface area (Å²) in [6.45, 7) is 6.83. The molecule has 0 spiro atoms. The molecular weight excluding hydrogens is 374 g/mol. The molecule has 0 bridgehead atoms. The molecule has 1 saturated heterocycles. The summed E-state index contributed by atoms with van der Waals surface area (Å²) in [5, 5.41) is 5.68. The molecule has 1 fully saturated rings. The molecule has 0 unspecified atom stereocenters. The Balaban J connectivity index is 2.01. The van der Waals surface area contributed by atoms with Crippen LogP contribution in [0.3, 0.4) is 0 Å². The maximum absolute atomic E-state index is 12.9. The summed E-state index contributed by atoms with van der Waals surface area (Å²) >= 11 is 0. The topological polar surface area (TPSA) is 89.1 Å². The number of nitrogens with zero attached hydrogens (tertiary/aromatic N) is 1. The van der Waals surface area contributed by atoms with Crippen molar-refractivity contribution < 1.29 is 23.8 Å². The fraction of sp³-hybridized carbons (Fsp3) is 0.524. The van der Waals surface area contributed by atoms with E-state index in [4.69, 9.17) is 14.2 Å². The van der Waals surface area contributed by atoms with Crippen LogP contribution in [0.4, 0.5) is 4.79 Å². The first kappa shape index (κ1) is 21.0. The van der Waals surface area contributed by atoms with Gasteiger partial charge in [0.25, 0.3) is 0 Å². The third kappa shape index (κ3) is 4.82. The molecule has 2 amide bonds. The molecule has 0 aliphatic carbocycles. The van der Waals surface area contributed by atoms with Gasteiger partial charge in [-0.3, -0.25) is 4.90 Å². The number of nitrogens with one attached hydrogen (secondary N) is 2. The lowest BCUT2D eigenvalue weighted by Gasteiger charge is -2.31. The highest BCUT2D eigenvalue weighted by Gasteiger charge is 2.35. The van der Waals surface area contributed by atoms with Crippen LogP contribution in [-0.4, -0.2) is 56.9 Å². The van der Waals surface area contributed by atoms with Crippen molar-refractivity contribution in [3.63, 3.8) is 0 Å². The number of hydrogen-bond donors (Lipinski definition) is 2. The van der Waals surface area contributed by atoms with Crippen molar-refractivity contribution in [1.82, 2.24) is 15.5 Å². The predicted octanol–water partition coefficient (Wildman–Crippen LogP) is 2.36. The molecule has 29 heavy (non-hydrogen) atoms. The van der Waals surface area contributed by atoms with E-state index in [1.54, 1.807) is 26.2 Å². The van der Waals surface area contributed by atoms with Crippen LogP contribution in [0.1, 0.15) is 38.3 Å². The van der Waals surface area contributed by atoms with E-state index in [9.17, 15) is 9.59 Å². The molecule has 0 aromatic heterocycles. The lowest BCUT2D eigenvalue weighted by atomic mass is 9.94. The lowest BCUT2D eigenvalue weighted by Crippen LogP contribution is -2.48. The second kappa shape index (κ2) is 9.65. The number of benzene rings is 1. The number of urea groups is 1. The Morgan fingerprint density at radius 1 is 1.17 bits per heavy atom. The zero-order chi connectivity index (χ0) is 20.8. The average Bonchev–Trinajstić information content (AvgIpc) is 3.21. The monoisotopic (exact) mass is 403 g/mol. The second-order valence-electron chi connectivity index (χ2n) is 6.97. The van der Waals surface area contributed by atoms with Crippen LogP contribution >= 0.6 is 0 Å². The van der Waals surface area contributed by atoms with Gasteiger partial charge in [-0.2, -0.15) is 0 Å². The molecule has 3 rings (SSSR count). The number of carbonyl (C=O) groups is 2. The summed E-state index contributed by atoms with van der Waals surface area (Å²) in [6.07, 6.45) is 2.24. The van der Waals surface area contributed by atoms with Gasteiger partial charge >= 0.3 is 12.0 Å². The Hall–Kier alpha value is -2.74. The van der Waals surface area contributed by atoms with Gasteiger partial charge < -0.3 is 24.8 Å². The molecule has 2 heterocycles. The van der Waals surface area contributed by atoms with Gasteiger partial charge in [-0.25, -0.2) is 9.59 Å². The third-order valence-corrected chi connectivity index (χ3v) is 5.05. The minimum atomic E-state index is -0.634. The fourth-order valence-corrected chi connectivity index (χ4v) is 3.75. The molecular formula is C21H29N3O5. The molecule has 8 heteroatoms. The standard InChI is InChI=1S/C21H29N3O5/c1-4-28-16-9-8-14(12-17(16)27-3)19-18(20(25)29-5-2)15(22-21(26)23-19)13-24-10-6-7-11-24/h8-9,12,19H,4-7,10-11,13H2,1-3H3,(H2,22,23,26)/t19-/m0/s1. The lowest BCUT2D eigenvalue weighted by molar-refractivity contribution is -0.139. The highest BCUT2D eigenvalue weighted by molar-refractivity contribution is 5.95. The van der Waals surface area contributed by atoms with Crippen LogP contribution in [0.2, 0.25) is 0 Å². The summed E-state index contributed by atoms with van der Waals surface area (Å²) in [7, 11) is 1.56. The Morgan fingerprint density at radius 3 is 2.59 bits per heavy atom. The summed E-state index contributed by atoms with van der Waals surface area (Å²) < 4.78 is 16.3. The Kier molecular flexibility index (Phi) is 6.98. The van der Waals surface area contributed by atoms with E-state index in [1.807, 2.05) is 13.0 Å². The van der Waals surface area contributed by atoms with Crippen LogP contribution in [0, 0.1) is 0 Å². The van der Waals surface area contributed by atoms with Gasteiger partial charge in [-0.15, -0.1) is 0 Å². The van der Waals surface area contributed by atoms with Crippen LogP contribution in [0.5, 0.6) is 11.5 Å². The number of rotatable bonds is 8. The molecule has 158 valence electrons. The van der Waals surface area contributed by atoms with Gasteiger partial charge in [0.15, 0.2) is 11.5 Å².